The van der Waals surface area contributed by atoms with Crippen molar-refractivity contribution in [2.45, 2.75) is 45.6 Å². The van der Waals surface area contributed by atoms with Crippen LogP contribution in [-0.4, -0.2) is 19.0 Å². The SMILES string of the molecule is CNC(=O)c1ccc(NC2CCCCC2(C)C)cc1. The van der Waals surface area contributed by atoms with E-state index in [1.54, 1.807) is 7.05 Å². The molecule has 3 nitrogen and oxygen atoms in total. The molecule has 0 aliphatic heterocycles. The Morgan fingerprint density at radius 2 is 1.89 bits per heavy atom. The van der Waals surface area contributed by atoms with Gasteiger partial charge in [0.1, 0.15) is 0 Å². The van der Waals surface area contributed by atoms with Gasteiger partial charge in [-0.25, -0.2) is 0 Å². The van der Waals surface area contributed by atoms with E-state index in [2.05, 4.69) is 24.5 Å². The Labute approximate surface area is 115 Å². The van der Waals surface area contributed by atoms with Crippen LogP contribution in [0.2, 0.25) is 0 Å². The molecule has 2 rings (SSSR count). The average molecular weight is 260 g/mol. The van der Waals surface area contributed by atoms with Crippen LogP contribution < -0.4 is 10.6 Å². The van der Waals surface area contributed by atoms with E-state index in [4.69, 9.17) is 0 Å². The van der Waals surface area contributed by atoms with E-state index in [9.17, 15) is 4.79 Å². The fourth-order valence-electron chi connectivity index (χ4n) is 2.82. The molecule has 3 heteroatoms. The number of nitrogens with one attached hydrogen (secondary N) is 2. The third-order valence-corrected chi connectivity index (χ3v) is 4.22. The number of benzene rings is 1. The second-order valence-electron chi connectivity index (χ2n) is 6.09. The number of hydrogen-bond acceptors (Lipinski definition) is 2. The van der Waals surface area contributed by atoms with Crippen LogP contribution in [0.5, 0.6) is 0 Å². The lowest BCUT2D eigenvalue weighted by Gasteiger charge is -2.39. The van der Waals surface area contributed by atoms with Crippen LogP contribution in [0.3, 0.4) is 0 Å². The summed E-state index contributed by atoms with van der Waals surface area (Å²) in [7, 11) is 1.65. The van der Waals surface area contributed by atoms with Crippen molar-refractivity contribution >= 4 is 11.6 Å². The molecule has 0 heterocycles. The Morgan fingerprint density at radius 3 is 2.47 bits per heavy atom. The van der Waals surface area contributed by atoms with E-state index < -0.39 is 0 Å². The van der Waals surface area contributed by atoms with Gasteiger partial charge in [0.25, 0.3) is 5.91 Å². The zero-order valence-electron chi connectivity index (χ0n) is 12.1. The zero-order valence-corrected chi connectivity index (χ0v) is 12.1. The Hall–Kier alpha value is -1.51. The van der Waals surface area contributed by atoms with Gasteiger partial charge in [0.2, 0.25) is 0 Å². The topological polar surface area (TPSA) is 41.1 Å². The summed E-state index contributed by atoms with van der Waals surface area (Å²) in [4.78, 5) is 11.5. The van der Waals surface area contributed by atoms with E-state index in [1.807, 2.05) is 24.3 Å². The molecule has 1 aliphatic rings. The highest BCUT2D eigenvalue weighted by Gasteiger charge is 2.31. The summed E-state index contributed by atoms with van der Waals surface area (Å²) in [5, 5.41) is 6.26. The van der Waals surface area contributed by atoms with Crippen LogP contribution >= 0.6 is 0 Å². The monoisotopic (exact) mass is 260 g/mol. The first-order chi connectivity index (χ1) is 9.03. The van der Waals surface area contributed by atoms with Gasteiger partial charge in [0.05, 0.1) is 0 Å². The predicted molar refractivity (Wildman–Crippen MR) is 79.5 cm³/mol. The zero-order chi connectivity index (χ0) is 13.9. The maximum absolute atomic E-state index is 11.5. The molecular formula is C16H24N2O. The minimum Gasteiger partial charge on any atom is -0.382 e. The molecule has 19 heavy (non-hydrogen) atoms. The van der Waals surface area contributed by atoms with Gasteiger partial charge in [-0.05, 0) is 42.5 Å². The molecule has 0 bridgehead atoms. The van der Waals surface area contributed by atoms with Crippen LogP contribution in [0, 0.1) is 5.41 Å². The van der Waals surface area contributed by atoms with E-state index in [0.717, 1.165) is 5.69 Å². The molecule has 1 aliphatic carbocycles. The predicted octanol–water partition coefficient (Wildman–Crippen LogP) is 3.43. The second kappa shape index (κ2) is 5.64. The molecule has 1 unspecified atom stereocenters. The Morgan fingerprint density at radius 1 is 1.21 bits per heavy atom. The highest BCUT2D eigenvalue weighted by atomic mass is 16.1. The Balaban J connectivity index is 2.05. The molecule has 0 aromatic heterocycles. The molecule has 1 atom stereocenters. The standard InChI is InChI=1S/C16H24N2O/c1-16(2)11-5-4-6-14(16)18-13-9-7-12(8-10-13)15(19)17-3/h7-10,14,18H,4-6,11H2,1-3H3,(H,17,19). The van der Waals surface area contributed by atoms with Crippen molar-refractivity contribution in [3.05, 3.63) is 29.8 Å². The van der Waals surface area contributed by atoms with Gasteiger partial charge in [-0.15, -0.1) is 0 Å². The Kier molecular flexibility index (Phi) is 4.13. The lowest BCUT2D eigenvalue weighted by molar-refractivity contribution is 0.0963. The van der Waals surface area contributed by atoms with Gasteiger partial charge < -0.3 is 10.6 Å². The number of rotatable bonds is 3. The van der Waals surface area contributed by atoms with E-state index >= 15 is 0 Å². The minimum absolute atomic E-state index is 0.0375. The quantitative estimate of drug-likeness (QED) is 0.874. The van der Waals surface area contributed by atoms with E-state index in [-0.39, 0.29) is 5.91 Å². The summed E-state index contributed by atoms with van der Waals surface area (Å²) in [6.07, 6.45) is 5.14. The van der Waals surface area contributed by atoms with Gasteiger partial charge in [0.15, 0.2) is 0 Å². The molecular weight excluding hydrogens is 236 g/mol. The van der Waals surface area contributed by atoms with Crippen LogP contribution in [0.25, 0.3) is 0 Å². The van der Waals surface area contributed by atoms with Gasteiger partial charge in [-0.2, -0.15) is 0 Å². The lowest BCUT2D eigenvalue weighted by atomic mass is 9.73. The molecule has 1 amide bonds. The maximum atomic E-state index is 11.5. The molecule has 1 saturated carbocycles. The van der Waals surface area contributed by atoms with Gasteiger partial charge in [0, 0.05) is 24.3 Å². The summed E-state index contributed by atoms with van der Waals surface area (Å²) < 4.78 is 0. The van der Waals surface area contributed by atoms with Crippen molar-refractivity contribution in [1.29, 1.82) is 0 Å². The number of carbonyl (C=O) groups is 1. The summed E-state index contributed by atoms with van der Waals surface area (Å²) in [6, 6.07) is 8.26. The summed E-state index contributed by atoms with van der Waals surface area (Å²) in [5.41, 5.74) is 2.15. The number of amides is 1. The largest absolute Gasteiger partial charge is 0.382 e. The van der Waals surface area contributed by atoms with Crippen molar-refractivity contribution in [2.75, 3.05) is 12.4 Å². The molecule has 0 radical (unpaired) electrons. The lowest BCUT2D eigenvalue weighted by Crippen LogP contribution is -2.38. The van der Waals surface area contributed by atoms with Gasteiger partial charge in [-0.1, -0.05) is 26.7 Å². The normalized spacial score (nSPS) is 21.7. The average Bonchev–Trinajstić information content (AvgIpc) is 2.41. The third-order valence-electron chi connectivity index (χ3n) is 4.22. The van der Waals surface area contributed by atoms with Gasteiger partial charge >= 0.3 is 0 Å². The molecule has 1 aromatic carbocycles. The third kappa shape index (κ3) is 3.28. The number of hydrogen-bond donors (Lipinski definition) is 2. The Bertz CT molecular complexity index is 437. The molecule has 104 valence electrons. The summed E-state index contributed by atoms with van der Waals surface area (Å²) in [5.74, 6) is -0.0375. The molecule has 2 N–H and O–H groups in total. The van der Waals surface area contributed by atoms with Crippen molar-refractivity contribution in [1.82, 2.24) is 5.32 Å². The second-order valence-corrected chi connectivity index (χ2v) is 6.09. The first kappa shape index (κ1) is 13.9. The van der Waals surface area contributed by atoms with Crippen LogP contribution in [-0.2, 0) is 0 Å². The fourth-order valence-corrected chi connectivity index (χ4v) is 2.82. The summed E-state index contributed by atoms with van der Waals surface area (Å²) in [6.45, 7) is 4.67. The van der Waals surface area contributed by atoms with Crippen LogP contribution in [0.4, 0.5) is 5.69 Å². The molecule has 0 saturated heterocycles. The van der Waals surface area contributed by atoms with E-state index in [1.165, 1.54) is 25.7 Å². The van der Waals surface area contributed by atoms with Gasteiger partial charge in [-0.3, -0.25) is 4.79 Å². The van der Waals surface area contributed by atoms with Crippen molar-refractivity contribution < 1.29 is 4.79 Å². The number of carbonyl (C=O) groups excluding carboxylic acids is 1. The van der Waals surface area contributed by atoms with Crippen molar-refractivity contribution in [3.8, 4) is 0 Å². The fraction of sp³-hybridized carbons (Fsp3) is 0.562. The first-order valence-corrected chi connectivity index (χ1v) is 7.11. The molecule has 0 spiro atoms. The first-order valence-electron chi connectivity index (χ1n) is 7.11. The highest BCUT2D eigenvalue weighted by molar-refractivity contribution is 5.94. The highest BCUT2D eigenvalue weighted by Crippen LogP contribution is 2.37. The van der Waals surface area contributed by atoms with Crippen LogP contribution in [0.15, 0.2) is 24.3 Å². The van der Waals surface area contributed by atoms with Crippen molar-refractivity contribution in [3.63, 3.8) is 0 Å². The molecule has 1 fully saturated rings. The van der Waals surface area contributed by atoms with Crippen molar-refractivity contribution in [2.24, 2.45) is 5.41 Å². The molecule has 1 aromatic rings. The maximum Gasteiger partial charge on any atom is 0.251 e. The summed E-state index contributed by atoms with van der Waals surface area (Å²) >= 11 is 0. The van der Waals surface area contributed by atoms with E-state index in [0.29, 0.717) is 17.0 Å². The van der Waals surface area contributed by atoms with Crippen LogP contribution in [0.1, 0.15) is 49.9 Å². The minimum atomic E-state index is -0.0375. The number of anilines is 1. The smallest absolute Gasteiger partial charge is 0.251 e.